The molecule has 1 N–H and O–H groups in total. The van der Waals surface area contributed by atoms with Crippen molar-refractivity contribution in [1.29, 1.82) is 0 Å². The maximum absolute atomic E-state index is 11.8. The first-order valence-corrected chi connectivity index (χ1v) is 6.48. The minimum absolute atomic E-state index is 0.0137. The van der Waals surface area contributed by atoms with Gasteiger partial charge in [-0.2, -0.15) is 0 Å². The second kappa shape index (κ2) is 4.45. The Balaban J connectivity index is 2.16. The van der Waals surface area contributed by atoms with Crippen molar-refractivity contribution in [3.05, 3.63) is 46.8 Å². The van der Waals surface area contributed by atoms with Crippen LogP contribution in [-0.2, 0) is 15.1 Å². The van der Waals surface area contributed by atoms with Crippen LogP contribution in [0.1, 0.15) is 29.5 Å². The van der Waals surface area contributed by atoms with E-state index in [1.165, 1.54) is 0 Å². The van der Waals surface area contributed by atoms with Gasteiger partial charge in [0.2, 0.25) is 0 Å². The lowest BCUT2D eigenvalue weighted by atomic mass is 9.90. The predicted octanol–water partition coefficient (Wildman–Crippen LogP) is 2.52. The standard InChI is InChI=1S/C15H16N2O3/c1-9-4-6-11(7-5-9)15(3)14-13(10(2)20-17-14)16-12(18)8-19-15/h4-7H,8H2,1-3H3,(H,16,18). The number of aromatic nitrogens is 1. The zero-order chi connectivity index (χ0) is 14.3. The van der Waals surface area contributed by atoms with Crippen molar-refractivity contribution in [2.75, 3.05) is 11.9 Å². The lowest BCUT2D eigenvalue weighted by Crippen LogP contribution is -2.28. The fourth-order valence-electron chi connectivity index (χ4n) is 2.39. The third kappa shape index (κ3) is 1.91. The highest BCUT2D eigenvalue weighted by atomic mass is 16.5. The van der Waals surface area contributed by atoms with Gasteiger partial charge >= 0.3 is 0 Å². The lowest BCUT2D eigenvalue weighted by molar-refractivity contribution is -0.124. The summed E-state index contributed by atoms with van der Waals surface area (Å²) in [4.78, 5) is 11.8. The van der Waals surface area contributed by atoms with E-state index in [-0.39, 0.29) is 12.5 Å². The molecule has 0 spiro atoms. The molecule has 0 bridgehead atoms. The summed E-state index contributed by atoms with van der Waals surface area (Å²) in [6.45, 7) is 5.68. The summed E-state index contributed by atoms with van der Waals surface area (Å²) in [5, 5.41) is 6.87. The zero-order valence-electron chi connectivity index (χ0n) is 11.7. The van der Waals surface area contributed by atoms with Crippen LogP contribution in [0.15, 0.2) is 28.8 Å². The number of hydrogen-bond donors (Lipinski definition) is 1. The average Bonchev–Trinajstić information content (AvgIpc) is 2.72. The minimum Gasteiger partial charge on any atom is -0.359 e. The highest BCUT2D eigenvalue weighted by Crippen LogP contribution is 2.39. The van der Waals surface area contributed by atoms with Crippen LogP contribution in [-0.4, -0.2) is 17.7 Å². The van der Waals surface area contributed by atoms with Crippen LogP contribution in [0.3, 0.4) is 0 Å². The van der Waals surface area contributed by atoms with Crippen molar-refractivity contribution >= 4 is 11.6 Å². The van der Waals surface area contributed by atoms with E-state index in [0.29, 0.717) is 17.1 Å². The number of aryl methyl sites for hydroxylation is 2. The fraction of sp³-hybridized carbons (Fsp3) is 0.333. The van der Waals surface area contributed by atoms with Crippen LogP contribution in [0.4, 0.5) is 5.69 Å². The van der Waals surface area contributed by atoms with Gasteiger partial charge in [-0.1, -0.05) is 35.0 Å². The molecule has 1 aromatic carbocycles. The Hall–Kier alpha value is -2.14. The van der Waals surface area contributed by atoms with Gasteiger partial charge in [-0.3, -0.25) is 4.79 Å². The number of benzene rings is 1. The molecule has 0 aliphatic carbocycles. The number of amides is 1. The van der Waals surface area contributed by atoms with Gasteiger partial charge in [0.15, 0.2) is 5.76 Å². The molecule has 2 heterocycles. The minimum atomic E-state index is -0.806. The third-order valence-electron chi connectivity index (χ3n) is 3.67. The molecule has 0 fully saturated rings. The molecule has 3 rings (SSSR count). The van der Waals surface area contributed by atoms with Crippen LogP contribution in [0, 0.1) is 13.8 Å². The summed E-state index contributed by atoms with van der Waals surface area (Å²) in [5.41, 5.74) is 2.51. The van der Waals surface area contributed by atoms with Gasteiger partial charge < -0.3 is 14.6 Å². The van der Waals surface area contributed by atoms with E-state index in [4.69, 9.17) is 9.26 Å². The molecule has 1 aliphatic rings. The number of carbonyl (C=O) groups is 1. The Kier molecular flexibility index (Phi) is 2.87. The molecule has 1 unspecified atom stereocenters. The molecule has 0 radical (unpaired) electrons. The predicted molar refractivity (Wildman–Crippen MR) is 73.5 cm³/mol. The van der Waals surface area contributed by atoms with Crippen LogP contribution in [0.5, 0.6) is 0 Å². The first-order valence-electron chi connectivity index (χ1n) is 6.48. The summed E-state index contributed by atoms with van der Waals surface area (Å²) in [7, 11) is 0. The van der Waals surface area contributed by atoms with E-state index in [0.717, 1.165) is 11.1 Å². The van der Waals surface area contributed by atoms with Gasteiger partial charge in [0.1, 0.15) is 23.6 Å². The Morgan fingerprint density at radius 1 is 1.25 bits per heavy atom. The molecule has 0 saturated carbocycles. The molecule has 20 heavy (non-hydrogen) atoms. The third-order valence-corrected chi connectivity index (χ3v) is 3.67. The molecule has 5 nitrogen and oxygen atoms in total. The molecule has 1 aromatic heterocycles. The summed E-state index contributed by atoms with van der Waals surface area (Å²) < 4.78 is 11.1. The van der Waals surface area contributed by atoms with Gasteiger partial charge in [-0.25, -0.2) is 0 Å². The maximum Gasteiger partial charge on any atom is 0.250 e. The Labute approximate surface area is 116 Å². The summed E-state index contributed by atoms with van der Waals surface area (Å²) in [6, 6.07) is 7.99. The number of rotatable bonds is 1. The highest BCUT2D eigenvalue weighted by Gasteiger charge is 2.40. The Bertz CT molecular complexity index is 660. The summed E-state index contributed by atoms with van der Waals surface area (Å²) >= 11 is 0. The van der Waals surface area contributed by atoms with E-state index in [2.05, 4.69) is 10.5 Å². The van der Waals surface area contributed by atoms with Crippen molar-refractivity contribution < 1.29 is 14.1 Å². The molecule has 2 aromatic rings. The van der Waals surface area contributed by atoms with E-state index < -0.39 is 5.60 Å². The van der Waals surface area contributed by atoms with Crippen LogP contribution in [0.25, 0.3) is 0 Å². The number of ether oxygens (including phenoxy) is 1. The van der Waals surface area contributed by atoms with Crippen molar-refractivity contribution in [1.82, 2.24) is 5.16 Å². The zero-order valence-corrected chi connectivity index (χ0v) is 11.7. The van der Waals surface area contributed by atoms with Crippen molar-refractivity contribution in [2.45, 2.75) is 26.4 Å². The molecule has 5 heteroatoms. The van der Waals surface area contributed by atoms with Crippen LogP contribution >= 0.6 is 0 Å². The lowest BCUT2D eigenvalue weighted by Gasteiger charge is -2.26. The maximum atomic E-state index is 11.8. The van der Waals surface area contributed by atoms with E-state index in [1.807, 2.05) is 38.1 Å². The number of nitrogens with one attached hydrogen (secondary N) is 1. The Morgan fingerprint density at radius 3 is 2.65 bits per heavy atom. The monoisotopic (exact) mass is 272 g/mol. The molecule has 1 atom stereocenters. The first-order chi connectivity index (χ1) is 9.50. The summed E-state index contributed by atoms with van der Waals surface area (Å²) in [6.07, 6.45) is 0. The highest BCUT2D eigenvalue weighted by molar-refractivity contribution is 5.93. The second-order valence-corrected chi connectivity index (χ2v) is 5.20. The van der Waals surface area contributed by atoms with Crippen molar-refractivity contribution in [3.63, 3.8) is 0 Å². The Morgan fingerprint density at radius 2 is 1.95 bits per heavy atom. The molecule has 0 saturated heterocycles. The van der Waals surface area contributed by atoms with Gasteiger partial charge in [0.05, 0.1) is 0 Å². The molecular weight excluding hydrogens is 256 g/mol. The van der Waals surface area contributed by atoms with Crippen LogP contribution in [0.2, 0.25) is 0 Å². The van der Waals surface area contributed by atoms with Crippen LogP contribution < -0.4 is 5.32 Å². The van der Waals surface area contributed by atoms with E-state index >= 15 is 0 Å². The number of anilines is 1. The molecular formula is C15H16N2O3. The number of hydrogen-bond acceptors (Lipinski definition) is 4. The van der Waals surface area contributed by atoms with Crippen molar-refractivity contribution in [3.8, 4) is 0 Å². The topological polar surface area (TPSA) is 64.4 Å². The van der Waals surface area contributed by atoms with Gasteiger partial charge in [-0.05, 0) is 26.3 Å². The largest absolute Gasteiger partial charge is 0.359 e. The number of nitrogens with zero attached hydrogens (tertiary/aromatic N) is 1. The summed E-state index contributed by atoms with van der Waals surface area (Å²) in [5.74, 6) is 0.380. The van der Waals surface area contributed by atoms with E-state index in [1.54, 1.807) is 6.92 Å². The molecule has 1 amide bonds. The second-order valence-electron chi connectivity index (χ2n) is 5.20. The quantitative estimate of drug-likeness (QED) is 0.866. The van der Waals surface area contributed by atoms with Crippen molar-refractivity contribution in [2.24, 2.45) is 0 Å². The normalized spacial score (nSPS) is 22.1. The van der Waals surface area contributed by atoms with Gasteiger partial charge in [0.25, 0.3) is 5.91 Å². The first kappa shape index (κ1) is 12.9. The smallest absolute Gasteiger partial charge is 0.250 e. The fourth-order valence-corrected chi connectivity index (χ4v) is 2.39. The van der Waals surface area contributed by atoms with E-state index in [9.17, 15) is 4.79 Å². The average molecular weight is 272 g/mol. The number of fused-ring (bicyclic) bond motifs is 1. The molecule has 104 valence electrons. The molecule has 1 aliphatic heterocycles. The van der Waals surface area contributed by atoms with Gasteiger partial charge in [-0.15, -0.1) is 0 Å². The van der Waals surface area contributed by atoms with Gasteiger partial charge in [0, 0.05) is 0 Å². The number of carbonyl (C=O) groups excluding carboxylic acids is 1. The SMILES string of the molecule is Cc1ccc(C2(C)OCC(=O)Nc3c2noc3C)cc1.